The lowest BCUT2D eigenvalue weighted by Crippen LogP contribution is -2.40. The minimum atomic E-state index is -0.263. The molecule has 0 spiro atoms. The van der Waals surface area contributed by atoms with E-state index in [2.05, 4.69) is 11.9 Å². The van der Waals surface area contributed by atoms with Crippen molar-refractivity contribution in [3.05, 3.63) is 26.7 Å². The Hall–Kier alpha value is -1.89. The molecule has 2 N–H and O–H groups in total. The molecule has 0 aromatic carbocycles. The lowest BCUT2D eigenvalue weighted by atomic mass is 10.3. The molecule has 7 nitrogen and oxygen atoms in total. The predicted octanol–water partition coefficient (Wildman–Crippen LogP) is 0.744. The van der Waals surface area contributed by atoms with E-state index >= 15 is 0 Å². The first-order chi connectivity index (χ1) is 10.5. The molecular weight excluding hydrogens is 282 g/mol. The van der Waals surface area contributed by atoms with Crippen LogP contribution in [0.4, 0.5) is 0 Å². The fourth-order valence-corrected chi connectivity index (χ4v) is 2.60. The van der Waals surface area contributed by atoms with Gasteiger partial charge in [0.2, 0.25) is 0 Å². The monoisotopic (exact) mass is 307 g/mol. The average Bonchev–Trinajstić information content (AvgIpc) is 2.78. The molecule has 0 aliphatic heterocycles. The van der Waals surface area contributed by atoms with Crippen molar-refractivity contribution in [1.29, 1.82) is 0 Å². The zero-order chi connectivity index (χ0) is 16.3. The zero-order valence-electron chi connectivity index (χ0n) is 13.6. The summed E-state index contributed by atoms with van der Waals surface area (Å²) >= 11 is 0. The first-order valence-corrected chi connectivity index (χ1v) is 7.89. The second-order valence-electron chi connectivity index (χ2n) is 5.63. The van der Waals surface area contributed by atoms with Crippen molar-refractivity contribution < 1.29 is 0 Å². The number of rotatable bonds is 7. The molecule has 0 saturated carbocycles. The van der Waals surface area contributed by atoms with E-state index in [9.17, 15) is 9.59 Å². The van der Waals surface area contributed by atoms with Crippen LogP contribution in [0, 0.1) is 6.92 Å². The molecule has 122 valence electrons. The van der Waals surface area contributed by atoms with Crippen molar-refractivity contribution in [1.82, 2.24) is 18.7 Å². The van der Waals surface area contributed by atoms with Gasteiger partial charge in [-0.3, -0.25) is 13.9 Å². The number of aromatic nitrogens is 4. The highest BCUT2D eigenvalue weighted by atomic mass is 16.2. The van der Waals surface area contributed by atoms with Crippen LogP contribution in [0.3, 0.4) is 0 Å². The summed E-state index contributed by atoms with van der Waals surface area (Å²) in [6, 6.07) is 0. The van der Waals surface area contributed by atoms with Crippen LogP contribution in [-0.4, -0.2) is 25.2 Å². The molecule has 0 unspecified atom stereocenters. The summed E-state index contributed by atoms with van der Waals surface area (Å²) in [5, 5.41) is 0. The topological polar surface area (TPSA) is 87.8 Å². The Bertz CT molecular complexity index is 769. The van der Waals surface area contributed by atoms with Gasteiger partial charge in [-0.05, 0) is 32.7 Å². The number of aryl methyl sites for hydroxylation is 3. The maximum Gasteiger partial charge on any atom is 0.332 e. The van der Waals surface area contributed by atoms with E-state index in [0.717, 1.165) is 31.5 Å². The highest BCUT2D eigenvalue weighted by Gasteiger charge is 2.18. The largest absolute Gasteiger partial charge is 0.332 e. The molecule has 0 amide bonds. The number of imidazole rings is 1. The lowest BCUT2D eigenvalue weighted by molar-refractivity contribution is 0.525. The summed E-state index contributed by atoms with van der Waals surface area (Å²) < 4.78 is 4.73. The predicted molar refractivity (Wildman–Crippen MR) is 87.2 cm³/mol. The Morgan fingerprint density at radius 2 is 1.77 bits per heavy atom. The van der Waals surface area contributed by atoms with E-state index in [4.69, 9.17) is 5.73 Å². The molecule has 0 radical (unpaired) electrons. The van der Waals surface area contributed by atoms with Crippen LogP contribution in [0.2, 0.25) is 0 Å². The second-order valence-corrected chi connectivity index (χ2v) is 5.63. The number of hydrogen-bond acceptors (Lipinski definition) is 4. The van der Waals surface area contributed by atoms with Gasteiger partial charge in [0.25, 0.3) is 5.56 Å². The fourth-order valence-electron chi connectivity index (χ4n) is 2.60. The fraction of sp³-hybridized carbons (Fsp3) is 0.667. The molecule has 2 aromatic rings. The maximum atomic E-state index is 12.7. The van der Waals surface area contributed by atoms with E-state index in [1.54, 1.807) is 9.13 Å². The summed E-state index contributed by atoms with van der Waals surface area (Å²) in [6.07, 6.45) is 3.38. The van der Waals surface area contributed by atoms with Crippen molar-refractivity contribution in [3.63, 3.8) is 0 Å². The highest BCUT2D eigenvalue weighted by Crippen LogP contribution is 2.10. The summed E-state index contributed by atoms with van der Waals surface area (Å²) in [6.45, 7) is 5.46. The van der Waals surface area contributed by atoms with Crippen molar-refractivity contribution in [2.75, 3.05) is 6.54 Å². The van der Waals surface area contributed by atoms with Crippen molar-refractivity contribution in [2.45, 2.75) is 52.6 Å². The van der Waals surface area contributed by atoms with Crippen LogP contribution in [0.1, 0.15) is 38.4 Å². The molecular formula is C15H25N5O2. The first-order valence-electron chi connectivity index (χ1n) is 7.89. The molecule has 0 aliphatic rings. The Morgan fingerprint density at radius 1 is 1.09 bits per heavy atom. The second kappa shape index (κ2) is 6.91. The Morgan fingerprint density at radius 3 is 2.41 bits per heavy atom. The number of nitrogens with two attached hydrogens (primary N) is 1. The van der Waals surface area contributed by atoms with Gasteiger partial charge in [0, 0.05) is 20.1 Å². The summed E-state index contributed by atoms with van der Waals surface area (Å²) in [7, 11) is 1.81. The van der Waals surface area contributed by atoms with Gasteiger partial charge in [-0.25, -0.2) is 9.78 Å². The van der Waals surface area contributed by atoms with Crippen molar-refractivity contribution in [3.8, 4) is 0 Å². The first kappa shape index (κ1) is 16.5. The summed E-state index contributed by atoms with van der Waals surface area (Å²) in [5.41, 5.74) is 5.98. The van der Waals surface area contributed by atoms with E-state index < -0.39 is 0 Å². The highest BCUT2D eigenvalue weighted by molar-refractivity contribution is 5.70. The molecule has 2 rings (SSSR count). The minimum Gasteiger partial charge on any atom is -0.330 e. The lowest BCUT2D eigenvalue weighted by Gasteiger charge is -2.11. The molecule has 7 heteroatoms. The van der Waals surface area contributed by atoms with Gasteiger partial charge in [-0.15, -0.1) is 0 Å². The molecule has 0 bridgehead atoms. The van der Waals surface area contributed by atoms with Gasteiger partial charge in [-0.1, -0.05) is 13.3 Å². The van der Waals surface area contributed by atoms with Crippen LogP contribution in [0.25, 0.3) is 11.2 Å². The van der Waals surface area contributed by atoms with Crippen molar-refractivity contribution >= 4 is 11.2 Å². The van der Waals surface area contributed by atoms with Gasteiger partial charge in [-0.2, -0.15) is 0 Å². The van der Waals surface area contributed by atoms with E-state index in [0.29, 0.717) is 30.8 Å². The number of nitrogens with zero attached hydrogens (tertiary/aromatic N) is 4. The molecule has 0 atom stereocenters. The smallest absolute Gasteiger partial charge is 0.330 e. The maximum absolute atomic E-state index is 12.7. The van der Waals surface area contributed by atoms with Gasteiger partial charge in [0.05, 0.1) is 0 Å². The van der Waals surface area contributed by atoms with Crippen LogP contribution in [0.5, 0.6) is 0 Å². The number of hydrogen-bond donors (Lipinski definition) is 1. The minimum absolute atomic E-state index is 0.257. The number of fused-ring (bicyclic) bond motifs is 1. The SMILES string of the molecule is CCCCn1c(=O)n(CCCCN)c(=O)c2c1nc(C)n2C. The van der Waals surface area contributed by atoms with E-state index in [1.807, 2.05) is 14.0 Å². The third-order valence-corrected chi connectivity index (χ3v) is 4.04. The average molecular weight is 307 g/mol. The molecule has 22 heavy (non-hydrogen) atoms. The Kier molecular flexibility index (Phi) is 5.18. The Balaban J connectivity index is 2.66. The molecule has 0 aliphatic carbocycles. The van der Waals surface area contributed by atoms with E-state index in [1.165, 1.54) is 4.57 Å². The van der Waals surface area contributed by atoms with Gasteiger partial charge >= 0.3 is 5.69 Å². The van der Waals surface area contributed by atoms with Crippen LogP contribution < -0.4 is 17.0 Å². The zero-order valence-corrected chi connectivity index (χ0v) is 13.6. The molecule has 2 heterocycles. The summed E-state index contributed by atoms with van der Waals surface area (Å²) in [4.78, 5) is 29.7. The molecule has 2 aromatic heterocycles. The quantitative estimate of drug-likeness (QED) is 0.764. The van der Waals surface area contributed by atoms with Gasteiger partial charge in [0.1, 0.15) is 5.82 Å². The molecule has 0 fully saturated rings. The third-order valence-electron chi connectivity index (χ3n) is 4.04. The summed E-state index contributed by atoms with van der Waals surface area (Å²) in [5.74, 6) is 0.733. The van der Waals surface area contributed by atoms with E-state index in [-0.39, 0.29) is 11.2 Å². The van der Waals surface area contributed by atoms with Crippen LogP contribution in [-0.2, 0) is 20.1 Å². The van der Waals surface area contributed by atoms with Gasteiger partial charge in [0.15, 0.2) is 11.2 Å². The molecule has 0 saturated heterocycles. The normalized spacial score (nSPS) is 11.5. The van der Waals surface area contributed by atoms with Crippen LogP contribution in [0.15, 0.2) is 9.59 Å². The van der Waals surface area contributed by atoms with Gasteiger partial charge < -0.3 is 10.3 Å². The van der Waals surface area contributed by atoms with Crippen molar-refractivity contribution in [2.24, 2.45) is 12.8 Å². The third kappa shape index (κ3) is 2.85. The Labute approximate surface area is 129 Å². The standard InChI is InChI=1S/C15H25N5O2/c1-4-5-9-19-13-12(18(3)11(2)17-13)14(21)20(15(19)22)10-7-6-8-16/h4-10,16H2,1-3H3. The number of unbranched alkanes of at least 4 members (excludes halogenated alkanes) is 2. The van der Waals surface area contributed by atoms with Crippen LogP contribution >= 0.6 is 0 Å².